The Labute approximate surface area is 372 Å². The van der Waals surface area contributed by atoms with Gasteiger partial charge in [-0.2, -0.15) is 10.2 Å². The molecule has 0 spiro atoms. The quantitative estimate of drug-likeness (QED) is 0.105. The van der Waals surface area contributed by atoms with Crippen molar-refractivity contribution in [1.82, 2.24) is 19.6 Å². The van der Waals surface area contributed by atoms with Gasteiger partial charge in [-0.1, -0.05) is 0 Å². The van der Waals surface area contributed by atoms with Crippen LogP contribution >= 0.6 is 22.6 Å². The molecule has 15 heteroatoms. The lowest BCUT2D eigenvalue weighted by Crippen LogP contribution is -2.39. The zero-order chi connectivity index (χ0) is 43.7. The van der Waals surface area contributed by atoms with Crippen LogP contribution in [0.5, 0.6) is 11.5 Å². The van der Waals surface area contributed by atoms with Crippen molar-refractivity contribution in [3.8, 4) is 22.9 Å². The average Bonchev–Trinajstić information content (AvgIpc) is 3.89. The number of ether oxygens (including phenoxy) is 2. The minimum Gasteiger partial charge on any atom is -0.497 e. The van der Waals surface area contributed by atoms with Crippen molar-refractivity contribution in [2.45, 2.75) is 46.0 Å². The normalized spacial score (nSPS) is 14.8. The molecule has 4 aromatic carbocycles. The maximum absolute atomic E-state index is 13.7. The van der Waals surface area contributed by atoms with Gasteiger partial charge in [-0.05, 0) is 145 Å². The molecule has 6 aromatic rings. The molecule has 0 N–H and O–H groups in total. The Morgan fingerprint density at radius 2 is 0.903 bits per heavy atom. The summed E-state index contributed by atoms with van der Waals surface area (Å²) in [6.45, 7) is 4.64. The number of piperidine rings is 1. The van der Waals surface area contributed by atoms with Crippen LogP contribution in [0.3, 0.4) is 0 Å². The maximum atomic E-state index is 13.7. The van der Waals surface area contributed by atoms with Gasteiger partial charge in [0.2, 0.25) is 5.91 Å². The Bertz CT molecular complexity index is 2690. The summed E-state index contributed by atoms with van der Waals surface area (Å²) in [4.78, 5) is 69.0. The number of anilines is 3. The first kappa shape index (κ1) is 42.1. The monoisotopic (exact) mass is 945 g/mol. The van der Waals surface area contributed by atoms with E-state index in [1.54, 1.807) is 62.5 Å². The lowest BCUT2D eigenvalue weighted by atomic mass is 10.0. The smallest absolute Gasteiger partial charge is 0.277 e. The highest BCUT2D eigenvalue weighted by atomic mass is 127. The third-order valence-corrected chi connectivity index (χ3v) is 12.0. The molecule has 3 aliphatic heterocycles. The number of hydrogen-bond acceptors (Lipinski definition) is 9. The number of halogens is 1. The van der Waals surface area contributed by atoms with Gasteiger partial charge in [0, 0.05) is 71.7 Å². The number of Topliss-reactive ketones (excluding diaryl/α,β-unsaturated/α-hetero) is 2. The molecule has 1 fully saturated rings. The number of hydrogen-bond donors (Lipinski definition) is 0. The number of carbonyl (C=O) groups is 5. The van der Waals surface area contributed by atoms with E-state index >= 15 is 0 Å². The molecule has 1 saturated heterocycles. The largest absolute Gasteiger partial charge is 0.497 e. The first-order chi connectivity index (χ1) is 30.0. The second-order valence-electron chi connectivity index (χ2n) is 15.1. The van der Waals surface area contributed by atoms with E-state index in [4.69, 9.17) is 9.47 Å². The minimum atomic E-state index is -0.209. The third-order valence-electron chi connectivity index (χ3n) is 11.3. The van der Waals surface area contributed by atoms with E-state index in [0.717, 1.165) is 45.6 Å². The van der Waals surface area contributed by atoms with E-state index in [1.165, 1.54) is 13.8 Å². The molecule has 2 aromatic heterocycles. The van der Waals surface area contributed by atoms with Gasteiger partial charge in [-0.25, -0.2) is 9.36 Å². The summed E-state index contributed by atoms with van der Waals surface area (Å²) in [6, 6.07) is 29.8. The number of nitrogens with zero attached hydrogens (tertiary/aromatic N) is 7. The van der Waals surface area contributed by atoms with Gasteiger partial charge in [-0.15, -0.1) is 0 Å². The first-order valence-electron chi connectivity index (χ1n) is 20.3. The number of ketones is 2. The zero-order valence-corrected chi connectivity index (χ0v) is 36.9. The van der Waals surface area contributed by atoms with Crippen LogP contribution < -0.4 is 24.2 Å². The van der Waals surface area contributed by atoms with Crippen LogP contribution in [-0.2, 0) is 17.6 Å². The van der Waals surface area contributed by atoms with Gasteiger partial charge >= 0.3 is 0 Å². The van der Waals surface area contributed by atoms with Crippen molar-refractivity contribution in [3.63, 3.8) is 0 Å². The molecule has 0 saturated carbocycles. The highest BCUT2D eigenvalue weighted by Gasteiger charge is 2.36. The van der Waals surface area contributed by atoms with Crippen molar-refractivity contribution in [2.24, 2.45) is 0 Å². The lowest BCUT2D eigenvalue weighted by molar-refractivity contribution is -0.119. The molecule has 0 unspecified atom stereocenters. The highest BCUT2D eigenvalue weighted by molar-refractivity contribution is 14.1. The molecule has 0 bridgehead atoms. The van der Waals surface area contributed by atoms with Gasteiger partial charge in [-0.3, -0.25) is 24.0 Å². The molecule has 0 radical (unpaired) electrons. The van der Waals surface area contributed by atoms with Crippen molar-refractivity contribution in [2.75, 3.05) is 48.6 Å². The summed E-state index contributed by atoms with van der Waals surface area (Å²) in [6.07, 6.45) is 3.61. The number of fused-ring (bicyclic) bond motifs is 2. The molecule has 5 heterocycles. The van der Waals surface area contributed by atoms with Crippen LogP contribution in [0.15, 0.2) is 97.1 Å². The molecular formula is C47H44IN7O7. The topological polar surface area (TPSA) is 149 Å². The number of methoxy groups -OCH3 is 2. The average molecular weight is 946 g/mol. The van der Waals surface area contributed by atoms with Crippen molar-refractivity contribution < 1.29 is 33.4 Å². The zero-order valence-electron chi connectivity index (χ0n) is 34.8. The van der Waals surface area contributed by atoms with E-state index in [2.05, 4.69) is 32.8 Å². The van der Waals surface area contributed by atoms with Gasteiger partial charge in [0.05, 0.1) is 25.6 Å². The second kappa shape index (κ2) is 17.8. The SMILES string of the molecule is COc1ccc(-n2nc(C(C)=O)c3c2C(=O)N(c2ccc(I)cc2)CC3)cc1.COc1ccc(-n2nc(C(C)=O)c3c2C(=O)N(c2ccc(N4CCCCC4=O)cc2)CC3)cc1. The summed E-state index contributed by atoms with van der Waals surface area (Å²) in [5, 5.41) is 9.00. The standard InChI is InChI=1S/C26H26N4O4.C21H18IN3O3/c1-17(31)24-22-14-16-29(19-8-6-18(7-9-19)28-15-4-3-5-23(28)32)26(33)25(22)30(27-24)20-10-12-21(34-2)13-11-20;1-13(26)19-18-11-12-24(15-5-3-14(22)4-6-15)21(27)20(18)25(23-19)16-7-9-17(28-2)10-8-16/h6-13H,3-5,14-16H2,1-2H3;3-10H,11-12H2,1-2H3. The Morgan fingerprint density at radius 1 is 0.516 bits per heavy atom. The van der Waals surface area contributed by atoms with Crippen molar-refractivity contribution >= 4 is 68.9 Å². The first-order valence-corrected chi connectivity index (χ1v) is 21.4. The Balaban J connectivity index is 0.000000174. The van der Waals surface area contributed by atoms with Crippen LogP contribution in [0.4, 0.5) is 17.1 Å². The van der Waals surface area contributed by atoms with Crippen LogP contribution in [-0.4, -0.2) is 82.7 Å². The fourth-order valence-electron chi connectivity index (χ4n) is 8.11. The molecule has 14 nitrogen and oxygen atoms in total. The molecule has 62 heavy (non-hydrogen) atoms. The number of benzene rings is 4. The fraction of sp³-hybridized carbons (Fsp3) is 0.255. The summed E-state index contributed by atoms with van der Waals surface area (Å²) in [7, 11) is 3.19. The number of aromatic nitrogens is 4. The van der Waals surface area contributed by atoms with E-state index < -0.39 is 0 Å². The molecule has 3 aliphatic rings. The van der Waals surface area contributed by atoms with Crippen molar-refractivity contribution in [3.05, 3.63) is 135 Å². The fourth-order valence-corrected chi connectivity index (χ4v) is 8.47. The number of carbonyl (C=O) groups excluding carboxylic acids is 5. The third kappa shape index (κ3) is 8.11. The maximum Gasteiger partial charge on any atom is 0.277 e. The van der Waals surface area contributed by atoms with Gasteiger partial charge in [0.25, 0.3) is 11.8 Å². The molecular weight excluding hydrogens is 901 g/mol. The van der Waals surface area contributed by atoms with Crippen LogP contribution in [0.2, 0.25) is 0 Å². The second-order valence-corrected chi connectivity index (χ2v) is 16.3. The molecule has 0 atom stereocenters. The molecule has 316 valence electrons. The van der Waals surface area contributed by atoms with Gasteiger partial charge < -0.3 is 24.2 Å². The highest BCUT2D eigenvalue weighted by Crippen LogP contribution is 2.33. The van der Waals surface area contributed by atoms with E-state index in [-0.39, 0.29) is 29.3 Å². The van der Waals surface area contributed by atoms with Gasteiger partial charge in [0.1, 0.15) is 34.3 Å². The van der Waals surface area contributed by atoms with Gasteiger partial charge in [0.15, 0.2) is 11.6 Å². The van der Waals surface area contributed by atoms with Crippen LogP contribution in [0.25, 0.3) is 11.4 Å². The number of amides is 3. The van der Waals surface area contributed by atoms with E-state index in [0.29, 0.717) is 83.6 Å². The Morgan fingerprint density at radius 3 is 1.29 bits per heavy atom. The van der Waals surface area contributed by atoms with Crippen LogP contribution in [0, 0.1) is 3.57 Å². The molecule has 3 amide bonds. The lowest BCUT2D eigenvalue weighted by Gasteiger charge is -2.29. The summed E-state index contributed by atoms with van der Waals surface area (Å²) >= 11 is 2.24. The summed E-state index contributed by atoms with van der Waals surface area (Å²) in [5.41, 5.74) is 6.76. The van der Waals surface area contributed by atoms with Crippen molar-refractivity contribution in [1.29, 1.82) is 0 Å². The predicted octanol–water partition coefficient (Wildman–Crippen LogP) is 7.69. The predicted molar refractivity (Wildman–Crippen MR) is 243 cm³/mol. The number of rotatable bonds is 9. The Hall–Kier alpha value is -6.62. The van der Waals surface area contributed by atoms with E-state index in [1.807, 2.05) is 72.8 Å². The molecule has 0 aliphatic carbocycles. The summed E-state index contributed by atoms with van der Waals surface area (Å²) < 4.78 is 14.7. The van der Waals surface area contributed by atoms with E-state index in [9.17, 15) is 24.0 Å². The minimum absolute atomic E-state index is 0.137. The Kier molecular flexibility index (Phi) is 12.1. The van der Waals surface area contributed by atoms with Crippen LogP contribution in [0.1, 0.15) is 86.2 Å². The molecule has 9 rings (SSSR count). The summed E-state index contributed by atoms with van der Waals surface area (Å²) in [5.74, 6) is 0.870.